The predicted molar refractivity (Wildman–Crippen MR) is 140 cm³/mol. The second-order valence-electron chi connectivity index (χ2n) is 8.44. The number of aromatic nitrogens is 1. The Bertz CT molecular complexity index is 1490. The van der Waals surface area contributed by atoms with Crippen molar-refractivity contribution in [2.24, 2.45) is 0 Å². The highest BCUT2D eigenvalue weighted by atomic mass is 32.2. The van der Waals surface area contributed by atoms with Crippen molar-refractivity contribution >= 4 is 40.2 Å². The molecular formula is C28H25FN2O4S. The lowest BCUT2D eigenvalue weighted by Crippen LogP contribution is -2.24. The SMILES string of the molecule is COC(=O)c1c(SCC(=O)Nc2cc(C)cc(C)c2)n(Cc2ccc(F)cc2)c2ccccc2c1=O. The van der Waals surface area contributed by atoms with E-state index in [4.69, 9.17) is 4.74 Å². The number of amides is 1. The monoisotopic (exact) mass is 504 g/mol. The van der Waals surface area contributed by atoms with Crippen molar-refractivity contribution < 1.29 is 18.7 Å². The number of rotatable bonds is 7. The van der Waals surface area contributed by atoms with Crippen LogP contribution in [0.1, 0.15) is 27.0 Å². The Kier molecular flexibility index (Phi) is 7.55. The molecule has 0 saturated carbocycles. The summed E-state index contributed by atoms with van der Waals surface area (Å²) in [5.74, 6) is -1.47. The number of hydrogen-bond acceptors (Lipinski definition) is 5. The molecule has 0 fully saturated rings. The fourth-order valence-electron chi connectivity index (χ4n) is 4.12. The Balaban J connectivity index is 1.77. The Labute approximate surface area is 212 Å². The van der Waals surface area contributed by atoms with Gasteiger partial charge in [0.2, 0.25) is 11.3 Å². The van der Waals surface area contributed by atoms with Gasteiger partial charge in [-0.3, -0.25) is 9.59 Å². The number of para-hydroxylation sites is 1. The van der Waals surface area contributed by atoms with E-state index in [9.17, 15) is 18.8 Å². The first-order chi connectivity index (χ1) is 17.3. The third kappa shape index (κ3) is 5.49. The maximum Gasteiger partial charge on any atom is 0.344 e. The number of fused-ring (bicyclic) bond motifs is 1. The second-order valence-corrected chi connectivity index (χ2v) is 9.41. The lowest BCUT2D eigenvalue weighted by Gasteiger charge is -2.19. The minimum absolute atomic E-state index is 0.0435. The van der Waals surface area contributed by atoms with Gasteiger partial charge >= 0.3 is 5.97 Å². The number of nitrogens with zero attached hydrogens (tertiary/aromatic N) is 1. The zero-order chi connectivity index (χ0) is 25.8. The van der Waals surface area contributed by atoms with Crippen LogP contribution in [0.5, 0.6) is 0 Å². The number of ether oxygens (including phenoxy) is 1. The van der Waals surface area contributed by atoms with Crippen LogP contribution in [0.15, 0.2) is 76.6 Å². The second kappa shape index (κ2) is 10.8. The third-order valence-corrected chi connectivity index (χ3v) is 6.72. The average molecular weight is 505 g/mol. The number of carbonyl (C=O) groups is 2. The summed E-state index contributed by atoms with van der Waals surface area (Å²) >= 11 is 1.08. The quantitative estimate of drug-likeness (QED) is 0.272. The first-order valence-corrected chi connectivity index (χ1v) is 12.2. The molecule has 6 nitrogen and oxygen atoms in total. The van der Waals surface area contributed by atoms with Crippen LogP contribution in [-0.2, 0) is 16.1 Å². The molecule has 4 aromatic rings. The molecule has 0 aliphatic heterocycles. The summed E-state index contributed by atoms with van der Waals surface area (Å²) in [5.41, 5.74) is 3.47. The minimum Gasteiger partial charge on any atom is -0.465 e. The largest absolute Gasteiger partial charge is 0.465 e. The van der Waals surface area contributed by atoms with Crippen molar-refractivity contribution in [3.63, 3.8) is 0 Å². The number of hydrogen-bond donors (Lipinski definition) is 1. The highest BCUT2D eigenvalue weighted by molar-refractivity contribution is 8.00. The van der Waals surface area contributed by atoms with Gasteiger partial charge in [0.1, 0.15) is 11.4 Å². The zero-order valence-electron chi connectivity index (χ0n) is 20.1. The van der Waals surface area contributed by atoms with Crippen molar-refractivity contribution in [2.75, 3.05) is 18.2 Å². The molecule has 8 heteroatoms. The fourth-order valence-corrected chi connectivity index (χ4v) is 5.10. The summed E-state index contributed by atoms with van der Waals surface area (Å²) in [7, 11) is 1.21. The number of aryl methyl sites for hydroxylation is 2. The van der Waals surface area contributed by atoms with Gasteiger partial charge in [-0.05, 0) is 66.9 Å². The highest BCUT2D eigenvalue weighted by Crippen LogP contribution is 2.28. The molecule has 4 rings (SSSR count). The summed E-state index contributed by atoms with van der Waals surface area (Å²) in [6, 6.07) is 18.7. The molecule has 0 radical (unpaired) electrons. The van der Waals surface area contributed by atoms with Crippen LogP contribution in [0.2, 0.25) is 0 Å². The minimum atomic E-state index is -0.782. The van der Waals surface area contributed by atoms with Crippen molar-refractivity contribution in [3.05, 3.63) is 105 Å². The molecule has 0 spiro atoms. The maximum atomic E-state index is 13.5. The molecule has 0 aliphatic rings. The summed E-state index contributed by atoms with van der Waals surface area (Å²) in [5, 5.41) is 3.54. The van der Waals surface area contributed by atoms with Gasteiger partial charge in [-0.2, -0.15) is 0 Å². The smallest absolute Gasteiger partial charge is 0.344 e. The normalized spacial score (nSPS) is 10.9. The zero-order valence-corrected chi connectivity index (χ0v) is 20.9. The summed E-state index contributed by atoms with van der Waals surface area (Å²) in [4.78, 5) is 38.9. The summed E-state index contributed by atoms with van der Waals surface area (Å²) in [6.07, 6.45) is 0. The van der Waals surface area contributed by atoms with Crippen LogP contribution in [0.3, 0.4) is 0 Å². The number of methoxy groups -OCH3 is 1. The van der Waals surface area contributed by atoms with Gasteiger partial charge in [-0.1, -0.05) is 42.1 Å². The van der Waals surface area contributed by atoms with Gasteiger partial charge < -0.3 is 14.6 Å². The van der Waals surface area contributed by atoms with E-state index >= 15 is 0 Å². The number of anilines is 1. The number of halogens is 1. The molecular weight excluding hydrogens is 479 g/mol. The molecule has 1 aromatic heterocycles. The van der Waals surface area contributed by atoms with E-state index in [1.54, 1.807) is 41.0 Å². The van der Waals surface area contributed by atoms with Crippen LogP contribution in [0.4, 0.5) is 10.1 Å². The lowest BCUT2D eigenvalue weighted by atomic mass is 10.1. The van der Waals surface area contributed by atoms with Gasteiger partial charge in [-0.15, -0.1) is 0 Å². The number of nitrogens with one attached hydrogen (secondary N) is 1. The van der Waals surface area contributed by atoms with Crippen LogP contribution in [0, 0.1) is 19.7 Å². The highest BCUT2D eigenvalue weighted by Gasteiger charge is 2.24. The van der Waals surface area contributed by atoms with E-state index < -0.39 is 11.4 Å². The topological polar surface area (TPSA) is 77.4 Å². The molecule has 36 heavy (non-hydrogen) atoms. The van der Waals surface area contributed by atoms with E-state index in [0.717, 1.165) is 28.5 Å². The van der Waals surface area contributed by atoms with Gasteiger partial charge in [0, 0.05) is 17.6 Å². The number of carbonyl (C=O) groups excluding carboxylic acids is 2. The van der Waals surface area contributed by atoms with E-state index in [1.807, 2.05) is 32.0 Å². The van der Waals surface area contributed by atoms with E-state index in [-0.39, 0.29) is 29.6 Å². The molecule has 0 atom stereocenters. The predicted octanol–water partition coefficient (Wildman–Crippen LogP) is 5.32. The molecule has 1 N–H and O–H groups in total. The molecule has 1 heterocycles. The molecule has 184 valence electrons. The first kappa shape index (κ1) is 25.2. The standard InChI is InChI=1S/C28H25FN2O4S/c1-17-12-18(2)14-21(13-17)30-24(32)16-36-27-25(28(34)35-3)26(33)22-6-4-5-7-23(22)31(27)15-19-8-10-20(29)11-9-19/h4-14H,15-16H2,1-3H3,(H,30,32). The van der Waals surface area contributed by atoms with Crippen LogP contribution >= 0.6 is 11.8 Å². The number of thioether (sulfide) groups is 1. The van der Waals surface area contributed by atoms with Crippen molar-refractivity contribution in [1.82, 2.24) is 4.57 Å². The Hall–Kier alpha value is -3.91. The molecule has 0 aliphatic carbocycles. The molecule has 0 unspecified atom stereocenters. The fraction of sp³-hybridized carbons (Fsp3) is 0.179. The molecule has 1 amide bonds. The maximum absolute atomic E-state index is 13.5. The summed E-state index contributed by atoms with van der Waals surface area (Å²) in [6.45, 7) is 4.15. The Morgan fingerprint density at radius 1 is 1.00 bits per heavy atom. The van der Waals surface area contributed by atoms with Crippen LogP contribution in [0.25, 0.3) is 10.9 Å². The third-order valence-electron chi connectivity index (χ3n) is 5.61. The van der Waals surface area contributed by atoms with Gasteiger partial charge in [0.05, 0.1) is 23.4 Å². The molecule has 0 saturated heterocycles. The first-order valence-electron chi connectivity index (χ1n) is 11.3. The van der Waals surface area contributed by atoms with E-state index in [2.05, 4.69) is 5.32 Å². The van der Waals surface area contributed by atoms with Crippen molar-refractivity contribution in [2.45, 2.75) is 25.4 Å². The van der Waals surface area contributed by atoms with Gasteiger partial charge in [-0.25, -0.2) is 9.18 Å². The van der Waals surface area contributed by atoms with Gasteiger partial charge in [0.15, 0.2) is 0 Å². The van der Waals surface area contributed by atoms with Crippen molar-refractivity contribution in [1.29, 1.82) is 0 Å². The summed E-state index contributed by atoms with van der Waals surface area (Å²) < 4.78 is 20.2. The van der Waals surface area contributed by atoms with E-state index in [0.29, 0.717) is 21.6 Å². The Morgan fingerprint density at radius 3 is 2.33 bits per heavy atom. The number of esters is 1. The van der Waals surface area contributed by atoms with E-state index in [1.165, 1.54) is 19.2 Å². The lowest BCUT2D eigenvalue weighted by molar-refractivity contribution is -0.113. The van der Waals surface area contributed by atoms with Crippen LogP contribution in [-0.4, -0.2) is 29.3 Å². The van der Waals surface area contributed by atoms with Crippen molar-refractivity contribution in [3.8, 4) is 0 Å². The van der Waals surface area contributed by atoms with Crippen LogP contribution < -0.4 is 10.7 Å². The molecule has 0 bridgehead atoms. The Morgan fingerprint density at radius 2 is 1.67 bits per heavy atom. The number of pyridine rings is 1. The average Bonchev–Trinajstić information content (AvgIpc) is 2.85. The molecule has 3 aromatic carbocycles. The van der Waals surface area contributed by atoms with Gasteiger partial charge in [0.25, 0.3) is 0 Å². The number of benzene rings is 3.